The van der Waals surface area contributed by atoms with E-state index >= 15 is 0 Å². The van der Waals surface area contributed by atoms with Gasteiger partial charge >= 0.3 is 5.97 Å². The van der Waals surface area contributed by atoms with E-state index < -0.39 is 31.9 Å². The summed E-state index contributed by atoms with van der Waals surface area (Å²) in [5, 5.41) is 8.80. The minimum Gasteiger partial charge on any atom is -0.480 e. The molecule has 1 aromatic rings. The molecule has 2 N–H and O–H groups in total. The Morgan fingerprint density at radius 1 is 1.27 bits per heavy atom. The second kappa shape index (κ2) is 6.71. The van der Waals surface area contributed by atoms with Gasteiger partial charge in [0.15, 0.2) is 14.9 Å². The largest absolute Gasteiger partial charge is 0.480 e. The number of aromatic nitrogens is 1. The summed E-state index contributed by atoms with van der Waals surface area (Å²) in [6, 6.07) is 0.863. The van der Waals surface area contributed by atoms with Crippen LogP contribution in [0.3, 0.4) is 0 Å². The molecule has 1 unspecified atom stereocenters. The van der Waals surface area contributed by atoms with Gasteiger partial charge < -0.3 is 5.11 Å². The molecule has 10 heteroatoms. The van der Waals surface area contributed by atoms with Crippen LogP contribution in [0, 0.1) is 5.92 Å². The molecule has 1 atom stereocenters. The van der Waals surface area contributed by atoms with E-state index in [4.69, 9.17) is 5.11 Å². The summed E-state index contributed by atoms with van der Waals surface area (Å²) in [4.78, 5) is 14.4. The number of sulfonamides is 1. The summed E-state index contributed by atoms with van der Waals surface area (Å²) in [6.45, 7) is 3.54. The smallest absolute Gasteiger partial charge is 0.321 e. The highest BCUT2D eigenvalue weighted by Gasteiger charge is 2.26. The first-order valence-corrected chi connectivity index (χ1v) is 9.72. The molecule has 22 heavy (non-hydrogen) atoms. The highest BCUT2D eigenvalue weighted by Crippen LogP contribution is 2.13. The Balaban J connectivity index is 3.06. The molecular weight excluding hydrogens is 332 g/mol. The fraction of sp³-hybridized carbons (Fsp3) is 0.500. The van der Waals surface area contributed by atoms with E-state index in [9.17, 15) is 21.6 Å². The van der Waals surface area contributed by atoms with E-state index in [1.54, 1.807) is 13.8 Å². The van der Waals surface area contributed by atoms with Crippen LogP contribution in [0.5, 0.6) is 0 Å². The Morgan fingerprint density at radius 3 is 2.23 bits per heavy atom. The summed E-state index contributed by atoms with van der Waals surface area (Å²) in [5.74, 6) is -1.30. The van der Waals surface area contributed by atoms with Crippen molar-refractivity contribution in [3.8, 4) is 0 Å². The Kier molecular flexibility index (Phi) is 5.65. The standard InChI is InChI=1S/C12H18N2O6S2/c1-8(2)6-10(12(15)16)14-22(19,20)9-4-5-11(13-7-9)21(3,17)18/h4-5,7-8,10,14H,6H2,1-3H3,(H,15,16). The van der Waals surface area contributed by atoms with E-state index in [0.29, 0.717) is 0 Å². The van der Waals surface area contributed by atoms with Crippen molar-refractivity contribution >= 4 is 25.8 Å². The molecule has 0 amide bonds. The molecule has 0 radical (unpaired) electrons. The molecule has 0 spiro atoms. The minimum absolute atomic E-state index is 0.0189. The predicted molar refractivity (Wildman–Crippen MR) is 78.5 cm³/mol. The van der Waals surface area contributed by atoms with Gasteiger partial charge in [-0.2, -0.15) is 4.72 Å². The topological polar surface area (TPSA) is 130 Å². The molecule has 0 aliphatic heterocycles. The van der Waals surface area contributed by atoms with Crippen LogP contribution in [0.15, 0.2) is 28.3 Å². The van der Waals surface area contributed by atoms with Crippen LogP contribution in [0.4, 0.5) is 0 Å². The van der Waals surface area contributed by atoms with Crippen molar-refractivity contribution in [1.82, 2.24) is 9.71 Å². The van der Waals surface area contributed by atoms with Gasteiger partial charge in [-0.15, -0.1) is 0 Å². The lowest BCUT2D eigenvalue weighted by Gasteiger charge is -2.16. The van der Waals surface area contributed by atoms with Crippen LogP contribution in [-0.4, -0.2) is 45.2 Å². The van der Waals surface area contributed by atoms with Crippen LogP contribution in [-0.2, 0) is 24.7 Å². The monoisotopic (exact) mass is 350 g/mol. The molecule has 0 saturated heterocycles. The summed E-state index contributed by atoms with van der Waals surface area (Å²) in [6.07, 6.45) is 1.96. The number of hydrogen-bond acceptors (Lipinski definition) is 6. The lowest BCUT2D eigenvalue weighted by molar-refractivity contribution is -0.139. The minimum atomic E-state index is -4.10. The number of carboxylic acids is 1. The van der Waals surface area contributed by atoms with E-state index in [1.165, 1.54) is 0 Å². The van der Waals surface area contributed by atoms with E-state index in [1.807, 2.05) is 0 Å². The molecular formula is C12H18N2O6S2. The fourth-order valence-electron chi connectivity index (χ4n) is 1.67. The van der Waals surface area contributed by atoms with Crippen LogP contribution >= 0.6 is 0 Å². The van der Waals surface area contributed by atoms with Gasteiger partial charge in [-0.05, 0) is 24.5 Å². The SMILES string of the molecule is CC(C)CC(NS(=O)(=O)c1ccc(S(C)(=O)=O)nc1)C(=O)O. The van der Waals surface area contributed by atoms with E-state index in [-0.39, 0.29) is 22.3 Å². The second-order valence-electron chi connectivity index (χ2n) is 5.25. The number of carboxylic acid groups (broad SMARTS) is 1. The highest BCUT2D eigenvalue weighted by molar-refractivity contribution is 7.90. The van der Waals surface area contributed by atoms with Gasteiger partial charge in [0.05, 0.1) is 0 Å². The quantitative estimate of drug-likeness (QED) is 0.721. The predicted octanol–water partition coefficient (Wildman–Crippen LogP) is 0.263. The third-order valence-corrected chi connectivity index (χ3v) is 5.16. The van der Waals surface area contributed by atoms with Gasteiger partial charge in [-0.1, -0.05) is 13.8 Å². The molecule has 1 aromatic heterocycles. The van der Waals surface area contributed by atoms with Crippen molar-refractivity contribution in [1.29, 1.82) is 0 Å². The number of hydrogen-bond donors (Lipinski definition) is 2. The Hall–Kier alpha value is -1.52. The van der Waals surface area contributed by atoms with Crippen molar-refractivity contribution in [2.45, 2.75) is 36.2 Å². The molecule has 0 fully saturated rings. The first kappa shape index (κ1) is 18.5. The third kappa shape index (κ3) is 5.04. The molecule has 1 rings (SSSR count). The first-order valence-electron chi connectivity index (χ1n) is 6.34. The van der Waals surface area contributed by atoms with Crippen molar-refractivity contribution in [3.05, 3.63) is 18.3 Å². The zero-order valence-electron chi connectivity index (χ0n) is 12.3. The molecule has 0 aliphatic carbocycles. The maximum atomic E-state index is 12.1. The molecule has 124 valence electrons. The Labute approximate surface area is 129 Å². The van der Waals surface area contributed by atoms with Crippen LogP contribution in [0.1, 0.15) is 20.3 Å². The lowest BCUT2D eigenvalue weighted by atomic mass is 10.1. The number of rotatable bonds is 7. The average molecular weight is 350 g/mol. The Bertz CT molecular complexity index is 738. The summed E-state index contributed by atoms with van der Waals surface area (Å²) in [7, 11) is -7.64. The zero-order chi connectivity index (χ0) is 17.1. The lowest BCUT2D eigenvalue weighted by Crippen LogP contribution is -2.41. The number of sulfone groups is 1. The summed E-state index contributed by atoms with van der Waals surface area (Å²) >= 11 is 0. The van der Waals surface area contributed by atoms with Crippen LogP contribution < -0.4 is 4.72 Å². The number of pyridine rings is 1. The van der Waals surface area contributed by atoms with Crippen LogP contribution in [0.2, 0.25) is 0 Å². The maximum Gasteiger partial charge on any atom is 0.321 e. The average Bonchev–Trinajstić information content (AvgIpc) is 2.36. The highest BCUT2D eigenvalue weighted by atomic mass is 32.2. The van der Waals surface area contributed by atoms with Gasteiger partial charge in [0.2, 0.25) is 10.0 Å². The third-order valence-electron chi connectivity index (χ3n) is 2.70. The second-order valence-corrected chi connectivity index (χ2v) is 8.92. The first-order chi connectivity index (χ1) is 9.93. The molecule has 0 bridgehead atoms. The molecule has 0 aliphatic rings. The molecule has 0 aromatic carbocycles. The van der Waals surface area contributed by atoms with Gasteiger partial charge in [-0.25, -0.2) is 21.8 Å². The van der Waals surface area contributed by atoms with E-state index in [0.717, 1.165) is 24.6 Å². The molecule has 8 nitrogen and oxygen atoms in total. The fourth-order valence-corrected chi connectivity index (χ4v) is 3.38. The van der Waals surface area contributed by atoms with Crippen molar-refractivity contribution < 1.29 is 26.7 Å². The number of nitrogens with zero attached hydrogens (tertiary/aromatic N) is 1. The van der Waals surface area contributed by atoms with Gasteiger partial charge in [0.25, 0.3) is 0 Å². The Morgan fingerprint density at radius 2 is 1.86 bits per heavy atom. The zero-order valence-corrected chi connectivity index (χ0v) is 14.0. The summed E-state index contributed by atoms with van der Waals surface area (Å²) in [5.41, 5.74) is 0. The van der Waals surface area contributed by atoms with Gasteiger partial charge in [0, 0.05) is 12.5 Å². The summed E-state index contributed by atoms with van der Waals surface area (Å²) < 4.78 is 48.9. The normalized spacial score (nSPS) is 14.0. The van der Waals surface area contributed by atoms with Crippen LogP contribution in [0.25, 0.3) is 0 Å². The molecule has 1 heterocycles. The number of aliphatic carboxylic acids is 1. The van der Waals surface area contributed by atoms with Gasteiger partial charge in [-0.3, -0.25) is 4.79 Å². The number of nitrogens with one attached hydrogen (secondary N) is 1. The van der Waals surface area contributed by atoms with Gasteiger partial charge in [0.1, 0.15) is 10.9 Å². The number of carbonyl (C=O) groups is 1. The van der Waals surface area contributed by atoms with E-state index in [2.05, 4.69) is 9.71 Å². The van der Waals surface area contributed by atoms with Crippen molar-refractivity contribution in [2.75, 3.05) is 6.26 Å². The van der Waals surface area contributed by atoms with Crippen molar-refractivity contribution in [2.24, 2.45) is 5.92 Å². The molecule has 0 saturated carbocycles. The van der Waals surface area contributed by atoms with Crippen molar-refractivity contribution in [3.63, 3.8) is 0 Å². The maximum absolute atomic E-state index is 12.1.